The van der Waals surface area contributed by atoms with E-state index >= 15 is 0 Å². The van der Waals surface area contributed by atoms with Crippen LogP contribution in [0.1, 0.15) is 92.4 Å². The number of likely N-dealkylation sites (N-methyl/N-ethyl adjacent to an activating group) is 1. The Bertz CT molecular complexity index is 2730. The number of hydrogen-bond acceptors (Lipinski definition) is 15. The van der Waals surface area contributed by atoms with Crippen molar-refractivity contribution in [2.45, 2.75) is 104 Å². The molecule has 0 saturated carbocycles. The van der Waals surface area contributed by atoms with Gasteiger partial charge in [-0.05, 0) is 86.0 Å². The Labute approximate surface area is 444 Å². The number of nitrogens with two attached hydrogens (primary N) is 3. The summed E-state index contributed by atoms with van der Waals surface area (Å²) in [5.74, 6) is -3.12. The predicted octanol–water partition coefficient (Wildman–Crippen LogP) is 2.39. The van der Waals surface area contributed by atoms with Crippen LogP contribution >= 0.6 is 0 Å². The standard InChI is InChI=1S/C55H74N12O9/c1-31(2)29-74-30-43(66-52(71)46-32(3)61-48(62-33(46)4)36-11-14-38(15-12-36)55(6,7)8)51(70)64-41(18-19-56)54(73)67(9)47-37-13-17-45(76-25-22-59)40(28-37)39-26-35(10-16-44(39)75-24-21-58)27-42(50(69)60-23-20-57)65-49(68)34(5)63-53(47)72/h10-17,26,28,31,34,41-43,47H,18-19,21-25,27,29-30,56,58-59H2,1-9H3,(H,60,69)(H,63,72)(H,64,70)(H,65,68)(H,66,71)/t34-,41-,42-,43-,47-/m0/s1. The van der Waals surface area contributed by atoms with E-state index in [1.165, 1.54) is 14.0 Å². The Hall–Kier alpha value is -7.51. The predicted molar refractivity (Wildman–Crippen MR) is 287 cm³/mol. The number of aromatic nitrogens is 2. The first-order chi connectivity index (χ1) is 36.1. The van der Waals surface area contributed by atoms with E-state index in [9.17, 15) is 34.0 Å². The molecule has 408 valence electrons. The third-order valence-corrected chi connectivity index (χ3v) is 12.5. The van der Waals surface area contributed by atoms with E-state index in [0.717, 1.165) is 16.0 Å². The van der Waals surface area contributed by atoms with E-state index in [2.05, 4.69) is 57.3 Å². The molecule has 21 nitrogen and oxygen atoms in total. The number of amides is 6. The minimum atomic E-state index is -1.48. The lowest BCUT2D eigenvalue weighted by atomic mass is 9.86. The van der Waals surface area contributed by atoms with Crippen LogP contribution in [-0.2, 0) is 40.5 Å². The largest absolute Gasteiger partial charge is 0.492 e. The molecule has 5 atom stereocenters. The van der Waals surface area contributed by atoms with Crippen LogP contribution in [0.4, 0.5) is 0 Å². The maximum atomic E-state index is 15.0. The molecule has 6 amide bonds. The first-order valence-corrected chi connectivity index (χ1v) is 25.4. The molecule has 21 heteroatoms. The lowest BCUT2D eigenvalue weighted by molar-refractivity contribution is -0.143. The fourth-order valence-electron chi connectivity index (χ4n) is 8.53. The summed E-state index contributed by atoms with van der Waals surface area (Å²) in [6.07, 6.45) is -0.121. The van der Waals surface area contributed by atoms with Crippen molar-refractivity contribution in [2.75, 3.05) is 59.7 Å². The van der Waals surface area contributed by atoms with Crippen LogP contribution < -0.4 is 53.3 Å². The summed E-state index contributed by atoms with van der Waals surface area (Å²) in [4.78, 5) is 96.1. The van der Waals surface area contributed by atoms with Gasteiger partial charge in [-0.2, -0.15) is 5.26 Å². The van der Waals surface area contributed by atoms with Crippen LogP contribution in [0.3, 0.4) is 0 Å². The van der Waals surface area contributed by atoms with Crippen molar-refractivity contribution >= 4 is 35.4 Å². The number of carbonyl (C=O) groups excluding carboxylic acids is 6. The third kappa shape index (κ3) is 15.5. The quantitative estimate of drug-likeness (QED) is 0.0556. The highest BCUT2D eigenvalue weighted by atomic mass is 16.5. The normalized spacial score (nSPS) is 16.4. The van der Waals surface area contributed by atoms with Crippen molar-refractivity contribution in [3.63, 3.8) is 0 Å². The zero-order valence-corrected chi connectivity index (χ0v) is 45.0. The first-order valence-electron chi connectivity index (χ1n) is 25.4. The molecule has 1 aromatic heterocycles. The number of ether oxygens (including phenoxy) is 3. The van der Waals surface area contributed by atoms with Crippen LogP contribution in [0.15, 0.2) is 60.7 Å². The maximum absolute atomic E-state index is 15.0. The van der Waals surface area contributed by atoms with Gasteiger partial charge in [0.05, 0.1) is 29.6 Å². The minimum Gasteiger partial charge on any atom is -0.492 e. The Balaban J connectivity index is 1.53. The molecule has 1 aliphatic rings. The number of rotatable bonds is 21. The van der Waals surface area contributed by atoms with E-state index in [4.69, 9.17) is 31.4 Å². The molecule has 5 rings (SSSR count). The molecule has 0 fully saturated rings. The highest BCUT2D eigenvalue weighted by molar-refractivity contribution is 6.01. The van der Waals surface area contributed by atoms with Crippen molar-refractivity contribution in [1.29, 1.82) is 5.26 Å². The summed E-state index contributed by atoms with van der Waals surface area (Å²) in [5.41, 5.74) is 22.3. The number of fused-ring (bicyclic) bond motifs is 5. The summed E-state index contributed by atoms with van der Waals surface area (Å²) in [5, 5.41) is 22.7. The van der Waals surface area contributed by atoms with Gasteiger partial charge in [0.25, 0.3) is 5.91 Å². The molecule has 0 spiro atoms. The summed E-state index contributed by atoms with van der Waals surface area (Å²) >= 11 is 0. The van der Waals surface area contributed by atoms with Gasteiger partial charge in [0.2, 0.25) is 29.5 Å². The van der Waals surface area contributed by atoms with Gasteiger partial charge in [0, 0.05) is 49.9 Å². The lowest BCUT2D eigenvalue weighted by Crippen LogP contribution is -2.58. The van der Waals surface area contributed by atoms with Gasteiger partial charge in [-0.25, -0.2) is 9.97 Å². The average molecular weight is 1050 g/mol. The van der Waals surface area contributed by atoms with Gasteiger partial charge in [-0.15, -0.1) is 0 Å². The Morgan fingerprint density at radius 3 is 2.03 bits per heavy atom. The molecule has 3 aromatic carbocycles. The molecule has 0 saturated heterocycles. The number of benzene rings is 3. The molecule has 0 unspecified atom stereocenters. The SMILES string of the molecule is Cc1nc(-c2ccc(C(C)(C)C)cc2)nc(C)c1C(=O)N[C@@H](COCC(C)C)C(=O)N[C@@H](CCN)C(=O)N(C)[C@@H]1C(=O)N[C@@H](C)C(=O)N[C@H](C(=O)NCC#N)Cc2ccc(OCCN)c(c2)-c2cc1ccc2OCCN. The van der Waals surface area contributed by atoms with E-state index in [-0.39, 0.29) is 87.9 Å². The number of nitriles is 1. The molecule has 4 bridgehead atoms. The second kappa shape index (κ2) is 27.3. The van der Waals surface area contributed by atoms with Gasteiger partial charge >= 0.3 is 0 Å². The summed E-state index contributed by atoms with van der Waals surface area (Å²) in [6, 6.07) is 13.2. The first kappa shape index (κ1) is 59.4. The van der Waals surface area contributed by atoms with Gasteiger partial charge in [0.15, 0.2) is 5.82 Å². The molecule has 0 radical (unpaired) electrons. The average Bonchev–Trinajstić information content (AvgIpc) is 3.37. The molecule has 0 aliphatic carbocycles. The number of carbonyl (C=O) groups is 6. The second-order valence-electron chi connectivity index (χ2n) is 20.1. The van der Waals surface area contributed by atoms with E-state index in [1.54, 1.807) is 50.2 Å². The summed E-state index contributed by atoms with van der Waals surface area (Å²) < 4.78 is 18.1. The van der Waals surface area contributed by atoms with Crippen LogP contribution in [-0.4, -0.2) is 134 Å². The second-order valence-corrected chi connectivity index (χ2v) is 20.1. The minimum absolute atomic E-state index is 0.0245. The summed E-state index contributed by atoms with van der Waals surface area (Å²) in [7, 11) is 1.37. The fourth-order valence-corrected chi connectivity index (χ4v) is 8.53. The highest BCUT2D eigenvalue weighted by Crippen LogP contribution is 2.40. The molecule has 76 heavy (non-hydrogen) atoms. The van der Waals surface area contributed by atoms with E-state index in [1.807, 2.05) is 44.2 Å². The number of hydrogen-bond donors (Lipinski definition) is 8. The Morgan fingerprint density at radius 1 is 0.829 bits per heavy atom. The molecular formula is C55H74N12O9. The van der Waals surface area contributed by atoms with Gasteiger partial charge in [-0.1, -0.05) is 71.0 Å². The molecule has 1 aliphatic heterocycles. The van der Waals surface area contributed by atoms with Crippen LogP contribution in [0, 0.1) is 31.1 Å². The number of aryl methyl sites for hydroxylation is 2. The van der Waals surface area contributed by atoms with E-state index < -0.39 is 65.7 Å². The Kier molecular flexibility index (Phi) is 21.3. The van der Waals surface area contributed by atoms with Gasteiger partial charge in [-0.3, -0.25) is 28.8 Å². The monoisotopic (exact) mass is 1050 g/mol. The summed E-state index contributed by atoms with van der Waals surface area (Å²) in [6.45, 7) is 15.2. The number of nitrogens with zero attached hydrogens (tertiary/aromatic N) is 4. The lowest BCUT2D eigenvalue weighted by Gasteiger charge is -2.33. The fraction of sp³-hybridized carbons (Fsp3) is 0.473. The maximum Gasteiger partial charge on any atom is 0.255 e. The van der Waals surface area contributed by atoms with Crippen LogP contribution in [0.25, 0.3) is 22.5 Å². The smallest absolute Gasteiger partial charge is 0.255 e. The van der Waals surface area contributed by atoms with E-state index in [0.29, 0.717) is 45.4 Å². The molecular weight excluding hydrogens is 973 g/mol. The zero-order chi connectivity index (χ0) is 55.9. The highest BCUT2D eigenvalue weighted by Gasteiger charge is 2.37. The third-order valence-electron chi connectivity index (χ3n) is 12.5. The van der Waals surface area contributed by atoms with Crippen molar-refractivity contribution in [2.24, 2.45) is 23.1 Å². The number of nitrogens with one attached hydrogen (secondary N) is 5. The molecule has 11 N–H and O–H groups in total. The van der Waals surface area contributed by atoms with Crippen LogP contribution in [0.5, 0.6) is 11.5 Å². The topological polar surface area (TPSA) is 321 Å². The molecule has 4 aromatic rings. The van der Waals surface area contributed by atoms with Crippen molar-refractivity contribution < 1.29 is 43.0 Å². The zero-order valence-electron chi connectivity index (χ0n) is 45.0. The van der Waals surface area contributed by atoms with Gasteiger partial charge in [0.1, 0.15) is 61.5 Å². The van der Waals surface area contributed by atoms with Gasteiger partial charge < -0.3 is 62.9 Å². The van der Waals surface area contributed by atoms with Crippen molar-refractivity contribution in [1.82, 2.24) is 41.5 Å². The van der Waals surface area contributed by atoms with Crippen molar-refractivity contribution in [3.05, 3.63) is 94.3 Å². The van der Waals surface area contributed by atoms with Crippen molar-refractivity contribution in [3.8, 4) is 40.1 Å². The Morgan fingerprint density at radius 2 is 1.45 bits per heavy atom. The molecule has 2 heterocycles. The van der Waals surface area contributed by atoms with Crippen LogP contribution in [0.2, 0.25) is 0 Å².